The molecule has 0 aromatic heterocycles. The van der Waals surface area contributed by atoms with Gasteiger partial charge in [0, 0.05) is 0 Å². The third kappa shape index (κ3) is 1.52. The highest BCUT2D eigenvalue weighted by molar-refractivity contribution is 6.04. The first kappa shape index (κ1) is 9.51. The number of benzene rings is 1. The fraction of sp³-hybridized carbons (Fsp3) is 0.200. The van der Waals surface area contributed by atoms with Crippen molar-refractivity contribution in [3.63, 3.8) is 0 Å². The number of nitrogens with one attached hydrogen (secondary N) is 2. The average molecular weight is 206 g/mol. The molecule has 1 aliphatic rings. The summed E-state index contributed by atoms with van der Waals surface area (Å²) in [4.78, 5) is 22.3. The molecule has 3 amide bonds. The Bertz CT molecular complexity index is 442. The van der Waals surface area contributed by atoms with E-state index < -0.39 is 18.0 Å². The lowest BCUT2D eigenvalue weighted by Crippen LogP contribution is -2.22. The molecule has 1 aliphatic heterocycles. The summed E-state index contributed by atoms with van der Waals surface area (Å²) in [6.45, 7) is 1.70. The van der Waals surface area contributed by atoms with Crippen molar-refractivity contribution in [3.05, 3.63) is 29.3 Å². The number of hydrogen-bond donors (Lipinski definition) is 3. The van der Waals surface area contributed by atoms with Gasteiger partial charge < -0.3 is 10.4 Å². The van der Waals surface area contributed by atoms with Gasteiger partial charge in [-0.2, -0.15) is 0 Å². The highest BCUT2D eigenvalue weighted by Gasteiger charge is 2.32. The molecule has 1 aromatic rings. The summed E-state index contributed by atoms with van der Waals surface area (Å²) in [7, 11) is 0. The number of carbonyl (C=O) groups is 2. The summed E-state index contributed by atoms with van der Waals surface area (Å²) in [5.74, 6) is -0.282. The smallest absolute Gasteiger partial charge is 0.322 e. The van der Waals surface area contributed by atoms with Crippen LogP contribution < -0.4 is 10.6 Å². The minimum atomic E-state index is -0.704. The number of urea groups is 1. The van der Waals surface area contributed by atoms with E-state index in [0.717, 1.165) is 0 Å². The van der Waals surface area contributed by atoms with Crippen LogP contribution in [0.25, 0.3) is 0 Å². The van der Waals surface area contributed by atoms with Crippen LogP contribution in [0.15, 0.2) is 18.2 Å². The quantitative estimate of drug-likeness (QED) is 0.588. The van der Waals surface area contributed by atoms with E-state index >= 15 is 0 Å². The lowest BCUT2D eigenvalue weighted by atomic mass is 10.0. The maximum atomic E-state index is 11.4. The summed E-state index contributed by atoms with van der Waals surface area (Å²) in [5, 5.41) is 14.1. The van der Waals surface area contributed by atoms with Crippen molar-refractivity contribution in [2.75, 3.05) is 0 Å². The lowest BCUT2D eigenvalue weighted by molar-refractivity contribution is -0.120. The zero-order valence-electron chi connectivity index (χ0n) is 8.07. The van der Waals surface area contributed by atoms with Crippen LogP contribution >= 0.6 is 0 Å². The van der Waals surface area contributed by atoms with Crippen LogP contribution in [0.5, 0.6) is 5.75 Å². The number of amides is 3. The third-order valence-electron chi connectivity index (χ3n) is 2.43. The van der Waals surface area contributed by atoms with E-state index in [4.69, 9.17) is 0 Å². The van der Waals surface area contributed by atoms with E-state index in [1.54, 1.807) is 19.1 Å². The molecule has 0 aliphatic carbocycles. The van der Waals surface area contributed by atoms with Crippen LogP contribution in [0, 0.1) is 6.92 Å². The van der Waals surface area contributed by atoms with E-state index in [0.29, 0.717) is 11.1 Å². The molecule has 1 heterocycles. The molecule has 5 heteroatoms. The van der Waals surface area contributed by atoms with Gasteiger partial charge in [0.25, 0.3) is 5.91 Å². The largest absolute Gasteiger partial charge is 0.508 e. The SMILES string of the molecule is Cc1c(O)cccc1C1NC(=O)NC1=O. The van der Waals surface area contributed by atoms with E-state index in [1.165, 1.54) is 6.07 Å². The van der Waals surface area contributed by atoms with Gasteiger partial charge in [-0.1, -0.05) is 12.1 Å². The van der Waals surface area contributed by atoms with Crippen LogP contribution in [0.2, 0.25) is 0 Å². The highest BCUT2D eigenvalue weighted by Crippen LogP contribution is 2.26. The third-order valence-corrected chi connectivity index (χ3v) is 2.43. The molecule has 1 fully saturated rings. The number of imide groups is 1. The predicted octanol–water partition coefficient (Wildman–Crippen LogP) is 0.581. The van der Waals surface area contributed by atoms with E-state index in [9.17, 15) is 14.7 Å². The van der Waals surface area contributed by atoms with E-state index in [-0.39, 0.29) is 5.75 Å². The van der Waals surface area contributed by atoms with Gasteiger partial charge in [-0.25, -0.2) is 4.79 Å². The second kappa shape index (κ2) is 3.27. The fourth-order valence-corrected chi connectivity index (χ4v) is 1.59. The molecule has 0 spiro atoms. The standard InChI is InChI=1S/C10H10N2O3/c1-5-6(3-2-4-7(5)13)8-9(14)12-10(15)11-8/h2-4,8,13H,1H3,(H2,11,12,14,15). The molecule has 0 saturated carbocycles. The summed E-state index contributed by atoms with van der Waals surface area (Å²) >= 11 is 0. The Morgan fingerprint density at radius 3 is 2.67 bits per heavy atom. The van der Waals surface area contributed by atoms with Crippen molar-refractivity contribution in [3.8, 4) is 5.75 Å². The topological polar surface area (TPSA) is 78.4 Å². The molecule has 0 radical (unpaired) electrons. The molecule has 1 atom stereocenters. The normalized spacial score (nSPS) is 19.9. The van der Waals surface area contributed by atoms with Crippen LogP contribution in [0.4, 0.5) is 4.79 Å². The van der Waals surface area contributed by atoms with Gasteiger partial charge in [0.1, 0.15) is 11.8 Å². The van der Waals surface area contributed by atoms with Gasteiger partial charge >= 0.3 is 6.03 Å². The first-order valence-electron chi connectivity index (χ1n) is 4.49. The van der Waals surface area contributed by atoms with Gasteiger partial charge in [0.15, 0.2) is 0 Å². The molecule has 1 saturated heterocycles. The summed E-state index contributed by atoms with van der Waals surface area (Å²) < 4.78 is 0. The number of rotatable bonds is 1. The molecule has 1 unspecified atom stereocenters. The van der Waals surface area contributed by atoms with E-state index in [1.807, 2.05) is 0 Å². The predicted molar refractivity (Wildman–Crippen MR) is 52.3 cm³/mol. The molecular formula is C10H10N2O3. The lowest BCUT2D eigenvalue weighted by Gasteiger charge is -2.11. The first-order chi connectivity index (χ1) is 7.09. The number of carbonyl (C=O) groups excluding carboxylic acids is 2. The molecule has 1 aromatic carbocycles. The molecule has 2 rings (SSSR count). The van der Waals surface area contributed by atoms with Crippen molar-refractivity contribution >= 4 is 11.9 Å². The Morgan fingerprint density at radius 2 is 2.07 bits per heavy atom. The van der Waals surface area contributed by atoms with Gasteiger partial charge in [-0.3, -0.25) is 10.1 Å². The van der Waals surface area contributed by atoms with Crippen LogP contribution in [-0.4, -0.2) is 17.0 Å². The Hall–Kier alpha value is -2.04. The van der Waals surface area contributed by atoms with Gasteiger partial charge in [-0.15, -0.1) is 0 Å². The van der Waals surface area contributed by atoms with Crippen molar-refractivity contribution in [1.82, 2.24) is 10.6 Å². The molecule has 3 N–H and O–H groups in total. The minimum absolute atomic E-state index is 0.112. The molecule has 78 valence electrons. The van der Waals surface area contributed by atoms with Crippen LogP contribution in [-0.2, 0) is 4.79 Å². The Morgan fingerprint density at radius 1 is 1.33 bits per heavy atom. The molecule has 5 nitrogen and oxygen atoms in total. The first-order valence-corrected chi connectivity index (χ1v) is 4.49. The van der Waals surface area contributed by atoms with Gasteiger partial charge in [-0.05, 0) is 24.1 Å². The second-order valence-corrected chi connectivity index (χ2v) is 3.39. The molecule has 15 heavy (non-hydrogen) atoms. The summed E-state index contributed by atoms with van der Waals surface area (Å²) in [5.41, 5.74) is 1.21. The maximum absolute atomic E-state index is 11.4. The zero-order chi connectivity index (χ0) is 11.0. The number of phenolic OH excluding ortho intramolecular Hbond substituents is 1. The summed E-state index contributed by atoms with van der Waals surface area (Å²) in [6, 6.07) is 3.66. The van der Waals surface area contributed by atoms with Crippen LogP contribution in [0.3, 0.4) is 0 Å². The van der Waals surface area contributed by atoms with Crippen molar-refractivity contribution in [2.24, 2.45) is 0 Å². The monoisotopic (exact) mass is 206 g/mol. The average Bonchev–Trinajstić information content (AvgIpc) is 2.50. The number of phenols is 1. The van der Waals surface area contributed by atoms with Crippen molar-refractivity contribution in [1.29, 1.82) is 0 Å². The Kier molecular flexibility index (Phi) is 2.07. The highest BCUT2D eigenvalue weighted by atomic mass is 16.3. The zero-order valence-corrected chi connectivity index (χ0v) is 8.07. The van der Waals surface area contributed by atoms with E-state index in [2.05, 4.69) is 10.6 Å². The second-order valence-electron chi connectivity index (χ2n) is 3.39. The Balaban J connectivity index is 2.42. The van der Waals surface area contributed by atoms with Crippen molar-refractivity contribution < 1.29 is 14.7 Å². The number of aromatic hydroxyl groups is 1. The molecule has 0 bridgehead atoms. The molecular weight excluding hydrogens is 196 g/mol. The van der Waals surface area contributed by atoms with Crippen molar-refractivity contribution in [2.45, 2.75) is 13.0 Å². The number of hydrogen-bond acceptors (Lipinski definition) is 3. The van der Waals surface area contributed by atoms with Gasteiger partial charge in [0.2, 0.25) is 0 Å². The Labute approximate surface area is 86.1 Å². The van der Waals surface area contributed by atoms with Crippen LogP contribution in [0.1, 0.15) is 17.2 Å². The minimum Gasteiger partial charge on any atom is -0.508 e. The van der Waals surface area contributed by atoms with Gasteiger partial charge in [0.05, 0.1) is 0 Å². The fourth-order valence-electron chi connectivity index (χ4n) is 1.59. The summed E-state index contributed by atoms with van der Waals surface area (Å²) in [6.07, 6.45) is 0. The maximum Gasteiger partial charge on any atom is 0.322 e.